The van der Waals surface area contributed by atoms with E-state index in [1.54, 1.807) is 12.1 Å². The third kappa shape index (κ3) is 8.91. The van der Waals surface area contributed by atoms with Gasteiger partial charge < -0.3 is 14.8 Å². The molecule has 0 saturated heterocycles. The molecule has 0 saturated carbocycles. The smallest absolute Gasteiger partial charge is 0.407 e. The lowest BCUT2D eigenvalue weighted by molar-refractivity contribution is 0.0406. The molecule has 0 aliphatic rings. The zero-order chi connectivity index (χ0) is 22.1. The summed E-state index contributed by atoms with van der Waals surface area (Å²) in [6, 6.07) is 13.4. The van der Waals surface area contributed by atoms with Crippen molar-refractivity contribution < 1.29 is 19.1 Å². The molecule has 10 heteroatoms. The Hall–Kier alpha value is -1.81. The van der Waals surface area contributed by atoms with Crippen molar-refractivity contribution in [2.75, 3.05) is 13.2 Å². The van der Waals surface area contributed by atoms with Gasteiger partial charge in [-0.05, 0) is 30.3 Å². The lowest BCUT2D eigenvalue weighted by Crippen LogP contribution is -2.35. The first-order chi connectivity index (χ1) is 14.1. The average Bonchev–Trinajstić information content (AvgIpc) is 2.68. The summed E-state index contributed by atoms with van der Waals surface area (Å²) in [5.74, 6) is 4.92. The number of ether oxygens (including phenoxy) is 2. The molecule has 0 bridgehead atoms. The van der Waals surface area contributed by atoms with Crippen molar-refractivity contribution in [1.82, 2.24) is 5.32 Å². The second kappa shape index (κ2) is 11.5. The highest BCUT2D eigenvalue weighted by Gasteiger charge is 2.23. The van der Waals surface area contributed by atoms with Gasteiger partial charge in [0.2, 0.25) is 3.79 Å². The zero-order valence-corrected chi connectivity index (χ0v) is 18.9. The van der Waals surface area contributed by atoms with Gasteiger partial charge in [-0.2, -0.15) is 0 Å². The van der Waals surface area contributed by atoms with Gasteiger partial charge in [-0.1, -0.05) is 88.0 Å². The first-order valence-electron chi connectivity index (χ1n) is 8.34. The van der Waals surface area contributed by atoms with E-state index in [-0.39, 0.29) is 17.1 Å². The molecule has 0 spiro atoms. The number of carbonyl (C=O) groups is 2. The molecule has 2 rings (SSSR count). The van der Waals surface area contributed by atoms with E-state index < -0.39 is 28.6 Å². The van der Waals surface area contributed by atoms with Crippen LogP contribution >= 0.6 is 58.0 Å². The maximum absolute atomic E-state index is 12.5. The van der Waals surface area contributed by atoms with Crippen LogP contribution in [0.15, 0.2) is 48.5 Å². The van der Waals surface area contributed by atoms with Crippen molar-refractivity contribution in [3.63, 3.8) is 0 Å². The standard InChI is InChI=1S/C20H14Cl5NO4/c21-14-7-9-16(17(22)10-14)18(27)30-15(8-6-13-4-2-1-3-5-13)11-26-19(28)29-12-20(23,24)25/h1-5,7,9-10,15H,11-12H2,(H,26,28)/t15-/m1/s1. The van der Waals surface area contributed by atoms with Gasteiger partial charge >= 0.3 is 12.1 Å². The Morgan fingerprint density at radius 3 is 2.40 bits per heavy atom. The number of halogens is 5. The van der Waals surface area contributed by atoms with Crippen molar-refractivity contribution in [1.29, 1.82) is 0 Å². The second-order valence-electron chi connectivity index (χ2n) is 5.73. The fourth-order valence-corrected chi connectivity index (χ4v) is 2.68. The first-order valence-corrected chi connectivity index (χ1v) is 10.2. The minimum atomic E-state index is -1.75. The lowest BCUT2D eigenvalue weighted by atomic mass is 10.2. The molecular weight excluding hydrogens is 495 g/mol. The van der Waals surface area contributed by atoms with E-state index in [2.05, 4.69) is 17.2 Å². The largest absolute Gasteiger partial charge is 0.445 e. The van der Waals surface area contributed by atoms with Crippen molar-refractivity contribution in [3.05, 3.63) is 69.7 Å². The molecule has 158 valence electrons. The monoisotopic (exact) mass is 507 g/mol. The average molecular weight is 510 g/mol. The van der Waals surface area contributed by atoms with E-state index in [1.807, 2.05) is 18.2 Å². The fourth-order valence-electron chi connectivity index (χ4n) is 2.03. The quantitative estimate of drug-likeness (QED) is 0.321. The number of esters is 1. The van der Waals surface area contributed by atoms with Gasteiger partial charge in [-0.3, -0.25) is 0 Å². The van der Waals surface area contributed by atoms with Crippen LogP contribution in [0, 0.1) is 11.8 Å². The van der Waals surface area contributed by atoms with E-state index >= 15 is 0 Å². The summed E-state index contributed by atoms with van der Waals surface area (Å²) in [6.45, 7) is -0.625. The number of alkyl carbamates (subject to hydrolysis) is 1. The molecule has 5 nitrogen and oxygen atoms in total. The summed E-state index contributed by atoms with van der Waals surface area (Å²) >= 11 is 28.5. The Balaban J connectivity index is 2.10. The molecule has 1 N–H and O–H groups in total. The molecule has 30 heavy (non-hydrogen) atoms. The van der Waals surface area contributed by atoms with E-state index in [1.165, 1.54) is 18.2 Å². The molecule has 2 aromatic rings. The van der Waals surface area contributed by atoms with Crippen LogP contribution in [0.5, 0.6) is 0 Å². The van der Waals surface area contributed by atoms with Gasteiger partial charge in [0.15, 0.2) is 6.10 Å². The van der Waals surface area contributed by atoms with E-state index in [9.17, 15) is 9.59 Å². The molecular formula is C20H14Cl5NO4. The molecule has 1 amide bonds. The number of amides is 1. The van der Waals surface area contributed by atoms with Crippen molar-refractivity contribution >= 4 is 70.1 Å². The van der Waals surface area contributed by atoms with Crippen LogP contribution in [0.1, 0.15) is 15.9 Å². The number of carbonyl (C=O) groups excluding carboxylic acids is 2. The molecule has 2 aromatic carbocycles. The molecule has 0 heterocycles. The zero-order valence-electron chi connectivity index (χ0n) is 15.1. The molecule has 1 atom stereocenters. The van der Waals surface area contributed by atoms with Gasteiger partial charge in [-0.15, -0.1) is 0 Å². The summed E-state index contributed by atoms with van der Waals surface area (Å²) in [6.07, 6.45) is -1.88. The Kier molecular flexibility index (Phi) is 9.41. The van der Waals surface area contributed by atoms with Gasteiger partial charge in [-0.25, -0.2) is 9.59 Å². The number of benzene rings is 2. The summed E-state index contributed by atoms with van der Waals surface area (Å²) in [4.78, 5) is 24.3. The van der Waals surface area contributed by atoms with Gasteiger partial charge in [0.25, 0.3) is 0 Å². The number of alkyl halides is 3. The van der Waals surface area contributed by atoms with E-state index in [0.29, 0.717) is 10.6 Å². The Morgan fingerprint density at radius 2 is 1.77 bits per heavy atom. The summed E-state index contributed by atoms with van der Waals surface area (Å²) < 4.78 is 8.41. The molecule has 0 aliphatic carbocycles. The molecule has 0 radical (unpaired) electrons. The number of hydrogen-bond donors (Lipinski definition) is 1. The van der Waals surface area contributed by atoms with Crippen LogP contribution in [0.3, 0.4) is 0 Å². The molecule has 0 fully saturated rings. The number of nitrogens with one attached hydrogen (secondary N) is 1. The van der Waals surface area contributed by atoms with Crippen LogP contribution in [0.4, 0.5) is 4.79 Å². The van der Waals surface area contributed by atoms with Crippen molar-refractivity contribution in [3.8, 4) is 11.8 Å². The van der Waals surface area contributed by atoms with Crippen LogP contribution in [0.25, 0.3) is 0 Å². The predicted molar refractivity (Wildman–Crippen MR) is 119 cm³/mol. The van der Waals surface area contributed by atoms with Crippen LogP contribution in [-0.4, -0.2) is 35.1 Å². The summed E-state index contributed by atoms with van der Waals surface area (Å²) in [5.41, 5.74) is 0.799. The molecule has 0 aromatic heterocycles. The SMILES string of the molecule is O=C(NC[C@@H](C#Cc1ccccc1)OC(=O)c1ccc(Cl)cc1Cl)OCC(Cl)(Cl)Cl. The maximum Gasteiger partial charge on any atom is 0.407 e. The Labute approximate surface area is 198 Å². The van der Waals surface area contributed by atoms with Crippen LogP contribution in [0.2, 0.25) is 10.0 Å². The third-order valence-corrected chi connectivity index (χ3v) is 4.23. The highest BCUT2D eigenvalue weighted by atomic mass is 35.6. The third-order valence-electron chi connectivity index (χ3n) is 3.35. The lowest BCUT2D eigenvalue weighted by Gasteiger charge is -2.15. The van der Waals surface area contributed by atoms with Crippen LogP contribution in [-0.2, 0) is 9.47 Å². The van der Waals surface area contributed by atoms with Gasteiger partial charge in [0.05, 0.1) is 17.1 Å². The van der Waals surface area contributed by atoms with Crippen molar-refractivity contribution in [2.45, 2.75) is 9.90 Å². The highest BCUT2D eigenvalue weighted by Crippen LogP contribution is 2.26. The highest BCUT2D eigenvalue weighted by molar-refractivity contribution is 6.67. The topological polar surface area (TPSA) is 64.6 Å². The summed E-state index contributed by atoms with van der Waals surface area (Å²) in [7, 11) is 0. The summed E-state index contributed by atoms with van der Waals surface area (Å²) in [5, 5.41) is 2.89. The van der Waals surface area contributed by atoms with E-state index in [4.69, 9.17) is 67.5 Å². The predicted octanol–water partition coefficient (Wildman–Crippen LogP) is 5.67. The van der Waals surface area contributed by atoms with Gasteiger partial charge in [0.1, 0.15) is 6.61 Å². The minimum absolute atomic E-state index is 0.103. The molecule has 0 aliphatic heterocycles. The number of rotatable bonds is 5. The Morgan fingerprint density at radius 1 is 1.07 bits per heavy atom. The fraction of sp³-hybridized carbons (Fsp3) is 0.200. The molecule has 0 unspecified atom stereocenters. The minimum Gasteiger partial charge on any atom is -0.445 e. The maximum atomic E-state index is 12.5. The van der Waals surface area contributed by atoms with E-state index in [0.717, 1.165) is 0 Å². The van der Waals surface area contributed by atoms with Gasteiger partial charge in [0, 0.05) is 10.6 Å². The second-order valence-corrected chi connectivity index (χ2v) is 9.09. The normalized spacial score (nSPS) is 11.6. The van der Waals surface area contributed by atoms with Crippen LogP contribution < -0.4 is 5.32 Å². The number of hydrogen-bond acceptors (Lipinski definition) is 4. The van der Waals surface area contributed by atoms with Crippen molar-refractivity contribution in [2.24, 2.45) is 0 Å². The Bertz CT molecular complexity index is 951. The first kappa shape index (κ1) is 24.5.